The lowest BCUT2D eigenvalue weighted by Gasteiger charge is -2.33. The smallest absolute Gasteiger partial charge is 0.343 e. The number of carbonyl (C=O) groups excluding carboxylic acids is 1. The minimum atomic E-state index is -0.360. The summed E-state index contributed by atoms with van der Waals surface area (Å²) in [5, 5.41) is 4.55. The Morgan fingerprint density at radius 3 is 2.35 bits per heavy atom. The van der Waals surface area contributed by atoms with Crippen LogP contribution in [0.4, 0.5) is 0 Å². The van der Waals surface area contributed by atoms with E-state index in [1.165, 1.54) is 34.7 Å². The molecule has 2 aliphatic rings. The fraction of sp³-hybridized carbons (Fsp3) is 0.276. The Labute approximate surface area is 198 Å². The van der Waals surface area contributed by atoms with Gasteiger partial charge in [0.15, 0.2) is 11.5 Å². The van der Waals surface area contributed by atoms with Crippen molar-refractivity contribution in [2.45, 2.75) is 31.8 Å². The molecule has 0 aromatic heterocycles. The molecule has 0 saturated carbocycles. The molecule has 5 heteroatoms. The second kappa shape index (κ2) is 8.33. The fourth-order valence-electron chi connectivity index (χ4n) is 5.68. The van der Waals surface area contributed by atoms with Crippen molar-refractivity contribution in [3.05, 3.63) is 77.4 Å². The van der Waals surface area contributed by atoms with E-state index in [4.69, 9.17) is 14.2 Å². The summed E-state index contributed by atoms with van der Waals surface area (Å²) in [7, 11) is 3.34. The average Bonchev–Trinajstić information content (AvgIpc) is 3.35. The van der Waals surface area contributed by atoms with E-state index in [2.05, 4.69) is 23.1 Å². The maximum atomic E-state index is 12.7. The first-order valence-electron chi connectivity index (χ1n) is 11.8. The number of esters is 1. The molecule has 0 spiro atoms. The van der Waals surface area contributed by atoms with Crippen LogP contribution in [0.15, 0.2) is 60.7 Å². The predicted octanol–water partition coefficient (Wildman–Crippen LogP) is 5.75. The van der Waals surface area contributed by atoms with Gasteiger partial charge in [0.2, 0.25) is 0 Å². The molecule has 4 aromatic carbocycles. The largest absolute Gasteiger partial charge is 0.493 e. The monoisotopic (exact) mass is 453 g/mol. The van der Waals surface area contributed by atoms with Gasteiger partial charge in [-0.3, -0.25) is 4.90 Å². The molecule has 0 radical (unpaired) electrons. The average molecular weight is 454 g/mol. The number of methoxy groups -OCH3 is 2. The minimum Gasteiger partial charge on any atom is -0.493 e. The van der Waals surface area contributed by atoms with Gasteiger partial charge in [0.05, 0.1) is 19.8 Å². The lowest BCUT2D eigenvalue weighted by atomic mass is 9.85. The Balaban J connectivity index is 1.54. The van der Waals surface area contributed by atoms with E-state index in [1.807, 2.05) is 30.3 Å². The molecule has 0 N–H and O–H groups in total. The van der Waals surface area contributed by atoms with Gasteiger partial charge in [0, 0.05) is 12.6 Å². The third-order valence-corrected chi connectivity index (χ3v) is 7.34. The van der Waals surface area contributed by atoms with Gasteiger partial charge in [-0.2, -0.15) is 0 Å². The van der Waals surface area contributed by atoms with E-state index in [0.717, 1.165) is 36.0 Å². The molecule has 0 amide bonds. The summed E-state index contributed by atoms with van der Waals surface area (Å²) >= 11 is 0. The van der Waals surface area contributed by atoms with Gasteiger partial charge in [0.1, 0.15) is 5.75 Å². The van der Waals surface area contributed by atoms with E-state index in [-0.39, 0.29) is 5.97 Å². The molecule has 1 saturated heterocycles. The molecular formula is C29H27NO4. The second-order valence-corrected chi connectivity index (χ2v) is 9.14. The van der Waals surface area contributed by atoms with Gasteiger partial charge in [0.25, 0.3) is 0 Å². The third kappa shape index (κ3) is 3.39. The van der Waals surface area contributed by atoms with Crippen molar-refractivity contribution >= 4 is 27.5 Å². The first kappa shape index (κ1) is 21.0. The molecule has 5 nitrogen and oxygen atoms in total. The van der Waals surface area contributed by atoms with Crippen molar-refractivity contribution in [2.24, 2.45) is 0 Å². The summed E-state index contributed by atoms with van der Waals surface area (Å²) in [6.07, 6.45) is 3.55. The van der Waals surface area contributed by atoms with Crippen molar-refractivity contribution in [1.82, 2.24) is 4.90 Å². The Bertz CT molecular complexity index is 1410. The maximum Gasteiger partial charge on any atom is 0.343 e. The van der Waals surface area contributed by atoms with Gasteiger partial charge in [-0.25, -0.2) is 4.79 Å². The Morgan fingerprint density at radius 2 is 1.59 bits per heavy atom. The summed E-state index contributed by atoms with van der Waals surface area (Å²) in [5.41, 5.74) is 3.30. The number of hydrogen-bond donors (Lipinski definition) is 0. The molecule has 0 bridgehead atoms. The molecule has 6 rings (SSSR count). The molecule has 2 aliphatic heterocycles. The van der Waals surface area contributed by atoms with Crippen molar-refractivity contribution < 1.29 is 19.0 Å². The van der Waals surface area contributed by atoms with Crippen molar-refractivity contribution in [2.75, 3.05) is 20.8 Å². The van der Waals surface area contributed by atoms with E-state index in [9.17, 15) is 4.79 Å². The molecule has 0 aliphatic carbocycles. The van der Waals surface area contributed by atoms with E-state index >= 15 is 0 Å². The zero-order valence-electron chi connectivity index (χ0n) is 19.5. The van der Waals surface area contributed by atoms with Gasteiger partial charge < -0.3 is 14.2 Å². The SMILES string of the molecule is COc1cc2c3c(c4ccc(OC(=O)c5ccccc5)cc4c2cc1OC)CN1CCC[C@H]1C3. The number of benzene rings is 4. The lowest BCUT2D eigenvalue weighted by Crippen LogP contribution is -2.35. The quantitative estimate of drug-likeness (QED) is 0.224. The Morgan fingerprint density at radius 1 is 0.853 bits per heavy atom. The zero-order chi connectivity index (χ0) is 23.2. The van der Waals surface area contributed by atoms with Crippen LogP contribution in [0, 0.1) is 0 Å². The van der Waals surface area contributed by atoms with Gasteiger partial charge in [-0.05, 0) is 94.9 Å². The number of nitrogens with zero attached hydrogens (tertiary/aromatic N) is 1. The molecule has 34 heavy (non-hydrogen) atoms. The number of carbonyl (C=O) groups is 1. The summed E-state index contributed by atoms with van der Waals surface area (Å²) in [6.45, 7) is 2.10. The van der Waals surface area contributed by atoms with Crippen LogP contribution in [0.5, 0.6) is 17.2 Å². The highest BCUT2D eigenvalue weighted by atomic mass is 16.5. The summed E-state index contributed by atoms with van der Waals surface area (Å²) in [5.74, 6) is 1.60. The number of hydrogen-bond acceptors (Lipinski definition) is 5. The van der Waals surface area contributed by atoms with Crippen LogP contribution in [0.2, 0.25) is 0 Å². The first-order chi connectivity index (χ1) is 16.7. The van der Waals surface area contributed by atoms with Gasteiger partial charge >= 0.3 is 5.97 Å². The molecule has 2 heterocycles. The first-order valence-corrected chi connectivity index (χ1v) is 11.8. The van der Waals surface area contributed by atoms with Crippen LogP contribution in [-0.2, 0) is 13.0 Å². The molecule has 172 valence electrons. The van der Waals surface area contributed by atoms with Crippen molar-refractivity contribution in [3.8, 4) is 17.2 Å². The van der Waals surface area contributed by atoms with Crippen molar-refractivity contribution in [3.63, 3.8) is 0 Å². The lowest BCUT2D eigenvalue weighted by molar-refractivity contribution is 0.0735. The van der Waals surface area contributed by atoms with Crippen LogP contribution < -0.4 is 14.2 Å². The zero-order valence-corrected chi connectivity index (χ0v) is 19.5. The number of ether oxygens (including phenoxy) is 3. The van der Waals surface area contributed by atoms with Crippen LogP contribution in [-0.4, -0.2) is 37.7 Å². The third-order valence-electron chi connectivity index (χ3n) is 7.34. The minimum absolute atomic E-state index is 0.360. The highest BCUT2D eigenvalue weighted by Gasteiger charge is 2.32. The molecule has 1 fully saturated rings. The summed E-state index contributed by atoms with van der Waals surface area (Å²) in [6, 6.07) is 19.9. The van der Waals surface area contributed by atoms with E-state index in [0.29, 0.717) is 23.1 Å². The number of rotatable bonds is 4. The second-order valence-electron chi connectivity index (χ2n) is 9.14. The number of fused-ring (bicyclic) bond motifs is 7. The predicted molar refractivity (Wildman–Crippen MR) is 133 cm³/mol. The van der Waals surface area contributed by atoms with Crippen molar-refractivity contribution in [1.29, 1.82) is 0 Å². The Hall–Kier alpha value is -3.57. The van der Waals surface area contributed by atoms with Crippen LogP contribution in [0.25, 0.3) is 21.5 Å². The molecule has 1 atom stereocenters. The van der Waals surface area contributed by atoms with Gasteiger partial charge in [-0.1, -0.05) is 24.3 Å². The fourth-order valence-corrected chi connectivity index (χ4v) is 5.68. The van der Waals surface area contributed by atoms with Crippen LogP contribution in [0.3, 0.4) is 0 Å². The maximum absolute atomic E-state index is 12.7. The standard InChI is InChI=1S/C29H27NO4/c1-32-27-15-24-22-13-19-9-6-12-30(19)17-26(22)21-11-10-20(14-23(21)25(24)16-28(27)33-2)34-29(31)18-7-4-3-5-8-18/h3-5,7-8,10-11,14-16,19H,6,9,12-13,17H2,1-2H3/t19-/m0/s1. The topological polar surface area (TPSA) is 48.0 Å². The van der Waals surface area contributed by atoms with Crippen LogP contribution in [0.1, 0.15) is 34.3 Å². The molecule has 0 unspecified atom stereocenters. The summed E-state index contributed by atoms with van der Waals surface area (Å²) in [4.78, 5) is 15.3. The molecule has 4 aromatic rings. The van der Waals surface area contributed by atoms with Gasteiger partial charge in [-0.15, -0.1) is 0 Å². The highest BCUT2D eigenvalue weighted by molar-refractivity contribution is 6.12. The highest BCUT2D eigenvalue weighted by Crippen LogP contribution is 2.44. The van der Waals surface area contributed by atoms with Crippen LogP contribution >= 0.6 is 0 Å². The van der Waals surface area contributed by atoms with E-state index < -0.39 is 0 Å². The Kier molecular flexibility index (Phi) is 5.15. The van der Waals surface area contributed by atoms with E-state index in [1.54, 1.807) is 26.4 Å². The summed E-state index contributed by atoms with van der Waals surface area (Å²) < 4.78 is 17.1. The molecular weight excluding hydrogens is 426 g/mol. The normalized spacial score (nSPS) is 17.4.